The molecular weight excluding hydrogens is 222 g/mol. The number of nitrogens with zero attached hydrogens (tertiary/aromatic N) is 3. The molecule has 1 aromatic heterocycles. The highest BCUT2D eigenvalue weighted by molar-refractivity contribution is 5.94. The third kappa shape index (κ3) is 2.02. The molecule has 0 aliphatic carbocycles. The summed E-state index contributed by atoms with van der Waals surface area (Å²) in [4.78, 5) is 6.49. The molecule has 1 aromatic carbocycles. The highest BCUT2D eigenvalue weighted by Gasteiger charge is 2.12. The number of benzene rings is 1. The van der Waals surface area contributed by atoms with Crippen molar-refractivity contribution in [2.45, 2.75) is 19.8 Å². The van der Waals surface area contributed by atoms with E-state index in [9.17, 15) is 0 Å². The second-order valence-electron chi connectivity index (χ2n) is 4.93. The molecule has 0 bridgehead atoms. The van der Waals surface area contributed by atoms with E-state index < -0.39 is 0 Å². The van der Waals surface area contributed by atoms with E-state index in [-0.39, 0.29) is 0 Å². The Hall–Kier alpha value is -2.08. The third-order valence-corrected chi connectivity index (χ3v) is 3.07. The summed E-state index contributed by atoms with van der Waals surface area (Å²) in [6.07, 6.45) is 0. The highest BCUT2D eigenvalue weighted by Crippen LogP contribution is 2.30. The maximum absolute atomic E-state index is 9.10. The smallest absolute Gasteiger partial charge is 0.143 e. The average molecular weight is 239 g/mol. The zero-order chi connectivity index (χ0) is 13.3. The van der Waals surface area contributed by atoms with Gasteiger partial charge in [-0.15, -0.1) is 0 Å². The number of hydrogen-bond donors (Lipinski definition) is 0. The fraction of sp³-hybridized carbons (Fsp3) is 0.333. The molecule has 0 saturated carbocycles. The summed E-state index contributed by atoms with van der Waals surface area (Å²) in [6, 6.07) is 10.2. The van der Waals surface area contributed by atoms with Crippen LogP contribution < -0.4 is 4.90 Å². The molecule has 0 aliphatic heterocycles. The summed E-state index contributed by atoms with van der Waals surface area (Å²) >= 11 is 0. The van der Waals surface area contributed by atoms with E-state index in [2.05, 4.69) is 43.1 Å². The number of pyridine rings is 1. The van der Waals surface area contributed by atoms with Crippen LogP contribution in [0.5, 0.6) is 0 Å². The van der Waals surface area contributed by atoms with Gasteiger partial charge in [0.2, 0.25) is 0 Å². The molecule has 92 valence electrons. The van der Waals surface area contributed by atoms with Crippen LogP contribution in [0.4, 0.5) is 5.69 Å². The number of nitriles is 1. The van der Waals surface area contributed by atoms with Crippen molar-refractivity contribution in [2.24, 2.45) is 0 Å². The molecule has 18 heavy (non-hydrogen) atoms. The number of hydrogen-bond acceptors (Lipinski definition) is 3. The van der Waals surface area contributed by atoms with Crippen LogP contribution in [0.1, 0.15) is 31.0 Å². The van der Waals surface area contributed by atoms with Crippen molar-refractivity contribution in [2.75, 3.05) is 19.0 Å². The Kier molecular flexibility index (Phi) is 3.20. The number of aromatic nitrogens is 1. The van der Waals surface area contributed by atoms with E-state index >= 15 is 0 Å². The first-order chi connectivity index (χ1) is 8.54. The van der Waals surface area contributed by atoms with E-state index in [4.69, 9.17) is 5.26 Å². The lowest BCUT2D eigenvalue weighted by Gasteiger charge is -2.17. The van der Waals surface area contributed by atoms with Crippen LogP contribution in [0.25, 0.3) is 10.9 Å². The van der Waals surface area contributed by atoms with Gasteiger partial charge in [-0.25, -0.2) is 4.98 Å². The largest absolute Gasteiger partial charge is 0.377 e. The molecule has 0 atom stereocenters. The van der Waals surface area contributed by atoms with Crippen LogP contribution in [0, 0.1) is 11.3 Å². The number of rotatable bonds is 2. The van der Waals surface area contributed by atoms with Crippen LogP contribution in [-0.2, 0) is 0 Å². The minimum Gasteiger partial charge on any atom is -0.377 e. The van der Waals surface area contributed by atoms with Gasteiger partial charge in [0.15, 0.2) is 0 Å². The van der Waals surface area contributed by atoms with Gasteiger partial charge in [0.25, 0.3) is 0 Å². The summed E-state index contributed by atoms with van der Waals surface area (Å²) in [5.41, 5.74) is 3.64. The zero-order valence-electron chi connectivity index (χ0n) is 11.2. The summed E-state index contributed by atoms with van der Waals surface area (Å²) in [5.74, 6) is 0.394. The van der Waals surface area contributed by atoms with Crippen molar-refractivity contribution in [3.05, 3.63) is 35.5 Å². The molecule has 3 heteroatoms. The Labute approximate surface area is 108 Å². The molecule has 1 heterocycles. The zero-order valence-corrected chi connectivity index (χ0v) is 11.2. The summed E-state index contributed by atoms with van der Waals surface area (Å²) in [5, 5.41) is 10.2. The van der Waals surface area contributed by atoms with Gasteiger partial charge < -0.3 is 4.90 Å². The third-order valence-electron chi connectivity index (χ3n) is 3.07. The van der Waals surface area contributed by atoms with Gasteiger partial charge in [-0.2, -0.15) is 5.26 Å². The van der Waals surface area contributed by atoms with E-state index in [1.54, 1.807) is 0 Å². The number of fused-ring (bicyclic) bond motifs is 1. The molecule has 0 unspecified atom stereocenters. The van der Waals surface area contributed by atoms with Gasteiger partial charge in [-0.1, -0.05) is 32.0 Å². The molecule has 0 saturated heterocycles. The monoisotopic (exact) mass is 239 g/mol. The van der Waals surface area contributed by atoms with Crippen LogP contribution in [0.3, 0.4) is 0 Å². The van der Waals surface area contributed by atoms with E-state index in [0.29, 0.717) is 11.6 Å². The van der Waals surface area contributed by atoms with E-state index in [1.165, 1.54) is 5.56 Å². The average Bonchev–Trinajstić information content (AvgIpc) is 2.36. The SMILES string of the molecule is CC(C)c1cccc2c(N(C)C)cc(C#N)nc12. The Balaban J connectivity index is 2.87. The predicted octanol–water partition coefficient (Wildman–Crippen LogP) is 3.30. The molecule has 0 N–H and O–H groups in total. The quantitative estimate of drug-likeness (QED) is 0.807. The van der Waals surface area contributed by atoms with Crippen molar-refractivity contribution in [3.8, 4) is 6.07 Å². The van der Waals surface area contributed by atoms with Gasteiger partial charge in [0.1, 0.15) is 11.8 Å². The highest BCUT2D eigenvalue weighted by atomic mass is 15.1. The van der Waals surface area contributed by atoms with Gasteiger partial charge in [-0.05, 0) is 17.5 Å². The summed E-state index contributed by atoms with van der Waals surface area (Å²) in [6.45, 7) is 4.29. The standard InChI is InChI=1S/C15H17N3/c1-10(2)12-6-5-7-13-14(18(3)4)8-11(9-16)17-15(12)13/h5-8,10H,1-4H3. The van der Waals surface area contributed by atoms with Crippen LogP contribution in [0.2, 0.25) is 0 Å². The molecule has 0 radical (unpaired) electrons. The van der Waals surface area contributed by atoms with E-state index in [0.717, 1.165) is 16.6 Å². The van der Waals surface area contributed by atoms with E-state index in [1.807, 2.05) is 25.1 Å². The Bertz CT molecular complexity index is 621. The second kappa shape index (κ2) is 4.66. The summed E-state index contributed by atoms with van der Waals surface area (Å²) in [7, 11) is 3.97. The normalized spacial score (nSPS) is 10.7. The van der Waals surface area contributed by atoms with Gasteiger partial charge in [0, 0.05) is 25.2 Å². The first-order valence-corrected chi connectivity index (χ1v) is 6.05. The summed E-state index contributed by atoms with van der Waals surface area (Å²) < 4.78 is 0. The van der Waals surface area contributed by atoms with Crippen LogP contribution >= 0.6 is 0 Å². The molecular formula is C15H17N3. The first kappa shape index (κ1) is 12.4. The lowest BCUT2D eigenvalue weighted by molar-refractivity contribution is 0.872. The van der Waals surface area contributed by atoms with Crippen molar-refractivity contribution < 1.29 is 0 Å². The topological polar surface area (TPSA) is 39.9 Å². The van der Waals surface area contributed by atoms with Crippen LogP contribution in [-0.4, -0.2) is 19.1 Å². The van der Waals surface area contributed by atoms with Crippen molar-refractivity contribution >= 4 is 16.6 Å². The number of para-hydroxylation sites is 1. The first-order valence-electron chi connectivity index (χ1n) is 6.05. The Morgan fingerprint density at radius 1 is 1.28 bits per heavy atom. The maximum Gasteiger partial charge on any atom is 0.143 e. The minimum absolute atomic E-state index is 0.394. The molecule has 2 rings (SSSR count). The fourth-order valence-corrected chi connectivity index (χ4v) is 2.15. The van der Waals surface area contributed by atoms with Gasteiger partial charge in [0.05, 0.1) is 5.52 Å². The predicted molar refractivity (Wildman–Crippen MR) is 74.9 cm³/mol. The van der Waals surface area contributed by atoms with Gasteiger partial charge >= 0.3 is 0 Å². The van der Waals surface area contributed by atoms with Crippen LogP contribution in [0.15, 0.2) is 24.3 Å². The molecule has 3 nitrogen and oxygen atoms in total. The molecule has 0 fully saturated rings. The fourth-order valence-electron chi connectivity index (χ4n) is 2.15. The second-order valence-corrected chi connectivity index (χ2v) is 4.93. The van der Waals surface area contributed by atoms with Crippen molar-refractivity contribution in [1.82, 2.24) is 4.98 Å². The molecule has 0 amide bonds. The molecule has 0 spiro atoms. The lowest BCUT2D eigenvalue weighted by atomic mass is 9.98. The van der Waals surface area contributed by atoms with Gasteiger partial charge in [-0.3, -0.25) is 0 Å². The maximum atomic E-state index is 9.10. The van der Waals surface area contributed by atoms with Crippen molar-refractivity contribution in [1.29, 1.82) is 5.26 Å². The molecule has 0 aliphatic rings. The Morgan fingerprint density at radius 2 is 2.00 bits per heavy atom. The van der Waals surface area contributed by atoms with Crippen molar-refractivity contribution in [3.63, 3.8) is 0 Å². The lowest BCUT2D eigenvalue weighted by Crippen LogP contribution is -2.10. The number of anilines is 1. The Morgan fingerprint density at radius 3 is 2.56 bits per heavy atom. The minimum atomic E-state index is 0.394. The molecule has 2 aromatic rings.